The molecule has 0 heterocycles. The van der Waals surface area contributed by atoms with E-state index in [1.165, 1.54) is 6.92 Å². The van der Waals surface area contributed by atoms with Crippen molar-refractivity contribution in [3.05, 3.63) is 11.1 Å². The molecule has 0 aliphatic heterocycles. The highest BCUT2D eigenvalue weighted by Gasteiger charge is 2.18. The molecule has 0 amide bonds. The molecule has 72 valence electrons. The molecular formula is C10H14O3. The second-order valence-electron chi connectivity index (χ2n) is 3.47. The molecule has 0 aromatic carbocycles. The lowest BCUT2D eigenvalue weighted by Crippen LogP contribution is -2.11. The molecule has 0 aromatic rings. The van der Waals surface area contributed by atoms with Crippen LogP contribution in [0.15, 0.2) is 11.1 Å². The molecule has 0 atom stereocenters. The van der Waals surface area contributed by atoms with Gasteiger partial charge in [-0.2, -0.15) is 0 Å². The normalized spacial score (nSPS) is 17.3. The molecule has 0 saturated carbocycles. The summed E-state index contributed by atoms with van der Waals surface area (Å²) >= 11 is 0. The molecule has 1 rings (SSSR count). The lowest BCUT2D eigenvalue weighted by Gasteiger charge is -2.16. The van der Waals surface area contributed by atoms with Gasteiger partial charge in [0.15, 0.2) is 0 Å². The van der Waals surface area contributed by atoms with E-state index in [4.69, 9.17) is 5.11 Å². The maximum absolute atomic E-state index is 10.9. The largest absolute Gasteiger partial charge is 0.478 e. The van der Waals surface area contributed by atoms with Crippen LogP contribution in [0.3, 0.4) is 0 Å². The zero-order chi connectivity index (χ0) is 9.84. The second kappa shape index (κ2) is 4.21. The summed E-state index contributed by atoms with van der Waals surface area (Å²) in [6.45, 7) is 1.50. The summed E-state index contributed by atoms with van der Waals surface area (Å²) < 4.78 is 0. The summed E-state index contributed by atoms with van der Waals surface area (Å²) in [4.78, 5) is 21.6. The van der Waals surface area contributed by atoms with Crippen molar-refractivity contribution in [3.8, 4) is 0 Å². The molecule has 0 spiro atoms. The summed E-state index contributed by atoms with van der Waals surface area (Å²) in [5, 5.41) is 8.85. The molecule has 0 saturated heterocycles. The number of hydrogen-bond donors (Lipinski definition) is 1. The maximum Gasteiger partial charge on any atom is 0.331 e. The number of ketones is 1. The molecule has 1 aliphatic carbocycles. The molecule has 1 N–H and O–H groups in total. The Balaban J connectivity index is 2.83. The Hall–Kier alpha value is -1.12. The molecule has 0 radical (unpaired) electrons. The molecule has 0 bridgehead atoms. The first-order chi connectivity index (χ1) is 6.11. The summed E-state index contributed by atoms with van der Waals surface area (Å²) in [5.41, 5.74) is 1.31. The van der Waals surface area contributed by atoms with Crippen LogP contribution in [0.5, 0.6) is 0 Å². The highest BCUT2D eigenvalue weighted by atomic mass is 16.4. The van der Waals surface area contributed by atoms with Crippen molar-refractivity contribution in [1.82, 2.24) is 0 Å². The van der Waals surface area contributed by atoms with E-state index in [2.05, 4.69) is 0 Å². The smallest absolute Gasteiger partial charge is 0.331 e. The Morgan fingerprint density at radius 3 is 2.46 bits per heavy atom. The molecule has 3 heteroatoms. The van der Waals surface area contributed by atoms with Gasteiger partial charge in [-0.15, -0.1) is 0 Å². The van der Waals surface area contributed by atoms with Gasteiger partial charge < -0.3 is 5.11 Å². The Bertz CT molecular complexity index is 263. The van der Waals surface area contributed by atoms with Crippen molar-refractivity contribution >= 4 is 11.8 Å². The fourth-order valence-corrected chi connectivity index (χ4v) is 1.72. The lowest BCUT2D eigenvalue weighted by atomic mass is 9.89. The topological polar surface area (TPSA) is 54.4 Å². The van der Waals surface area contributed by atoms with Crippen LogP contribution >= 0.6 is 0 Å². The van der Waals surface area contributed by atoms with E-state index in [9.17, 15) is 9.59 Å². The molecule has 0 aromatic heterocycles. The standard InChI is InChI=1S/C10H14O3/c1-7(11)6-8-4-2-3-5-9(8)10(12)13/h2-6H2,1H3,(H,12,13). The molecule has 13 heavy (non-hydrogen) atoms. The number of rotatable bonds is 3. The number of carboxylic acids is 1. The quantitative estimate of drug-likeness (QED) is 0.725. The number of allylic oxidation sites excluding steroid dienone is 1. The number of hydrogen-bond acceptors (Lipinski definition) is 2. The highest BCUT2D eigenvalue weighted by molar-refractivity contribution is 5.89. The van der Waals surface area contributed by atoms with E-state index in [-0.39, 0.29) is 5.78 Å². The maximum atomic E-state index is 10.9. The van der Waals surface area contributed by atoms with Gasteiger partial charge in [0, 0.05) is 12.0 Å². The third kappa shape index (κ3) is 2.68. The van der Waals surface area contributed by atoms with Crippen molar-refractivity contribution in [1.29, 1.82) is 0 Å². The van der Waals surface area contributed by atoms with Crippen LogP contribution in [-0.4, -0.2) is 16.9 Å². The Morgan fingerprint density at radius 1 is 1.31 bits per heavy atom. The molecule has 3 nitrogen and oxygen atoms in total. The van der Waals surface area contributed by atoms with Crippen LogP contribution in [0.4, 0.5) is 0 Å². The van der Waals surface area contributed by atoms with Crippen LogP contribution in [0.1, 0.15) is 39.0 Å². The van der Waals surface area contributed by atoms with Gasteiger partial charge in [0.05, 0.1) is 0 Å². The zero-order valence-corrected chi connectivity index (χ0v) is 7.80. The van der Waals surface area contributed by atoms with E-state index < -0.39 is 5.97 Å². The fourth-order valence-electron chi connectivity index (χ4n) is 1.72. The predicted octanol–water partition coefficient (Wildman–Crippen LogP) is 1.92. The van der Waals surface area contributed by atoms with Crippen molar-refractivity contribution in [2.24, 2.45) is 0 Å². The summed E-state index contributed by atoms with van der Waals surface area (Å²) in [6.07, 6.45) is 3.67. The first kappa shape index (κ1) is 9.96. The highest BCUT2D eigenvalue weighted by Crippen LogP contribution is 2.27. The molecule has 0 unspecified atom stereocenters. The van der Waals surface area contributed by atoms with Crippen LogP contribution in [0.2, 0.25) is 0 Å². The van der Waals surface area contributed by atoms with Crippen molar-refractivity contribution < 1.29 is 14.7 Å². The fraction of sp³-hybridized carbons (Fsp3) is 0.600. The van der Waals surface area contributed by atoms with E-state index in [1.54, 1.807) is 0 Å². The van der Waals surface area contributed by atoms with Gasteiger partial charge in [-0.3, -0.25) is 4.79 Å². The van der Waals surface area contributed by atoms with Gasteiger partial charge in [-0.25, -0.2) is 4.79 Å². The number of aliphatic carboxylic acids is 1. The first-order valence-corrected chi connectivity index (χ1v) is 4.55. The van der Waals surface area contributed by atoms with Gasteiger partial charge >= 0.3 is 5.97 Å². The van der Waals surface area contributed by atoms with Gasteiger partial charge in [-0.1, -0.05) is 5.57 Å². The number of carbonyl (C=O) groups excluding carboxylic acids is 1. The average molecular weight is 182 g/mol. The van der Waals surface area contributed by atoms with Crippen LogP contribution in [-0.2, 0) is 9.59 Å². The van der Waals surface area contributed by atoms with Gasteiger partial charge in [0.1, 0.15) is 5.78 Å². The molecule has 0 fully saturated rings. The third-order valence-corrected chi connectivity index (χ3v) is 2.30. The summed E-state index contributed by atoms with van der Waals surface area (Å²) in [6, 6.07) is 0. The minimum absolute atomic E-state index is 0.0515. The van der Waals surface area contributed by atoms with Crippen LogP contribution in [0, 0.1) is 0 Å². The van der Waals surface area contributed by atoms with Gasteiger partial charge in [-0.05, 0) is 32.6 Å². The Labute approximate surface area is 77.4 Å². The summed E-state index contributed by atoms with van der Waals surface area (Å²) in [7, 11) is 0. The first-order valence-electron chi connectivity index (χ1n) is 4.55. The van der Waals surface area contributed by atoms with Crippen molar-refractivity contribution in [2.75, 3.05) is 0 Å². The number of carbonyl (C=O) groups is 2. The van der Waals surface area contributed by atoms with E-state index in [1.807, 2.05) is 0 Å². The van der Waals surface area contributed by atoms with Crippen molar-refractivity contribution in [2.45, 2.75) is 39.0 Å². The van der Waals surface area contributed by atoms with Crippen LogP contribution in [0.25, 0.3) is 0 Å². The summed E-state index contributed by atoms with van der Waals surface area (Å²) in [5.74, 6) is -0.799. The van der Waals surface area contributed by atoms with E-state index in [0.717, 1.165) is 24.8 Å². The van der Waals surface area contributed by atoms with Crippen molar-refractivity contribution in [3.63, 3.8) is 0 Å². The average Bonchev–Trinajstić information content (AvgIpc) is 2.03. The second-order valence-corrected chi connectivity index (χ2v) is 3.47. The number of carboxylic acid groups (broad SMARTS) is 1. The predicted molar refractivity (Wildman–Crippen MR) is 48.4 cm³/mol. The van der Waals surface area contributed by atoms with Gasteiger partial charge in [0.25, 0.3) is 0 Å². The van der Waals surface area contributed by atoms with E-state index >= 15 is 0 Å². The van der Waals surface area contributed by atoms with Crippen LogP contribution < -0.4 is 0 Å². The molecule has 1 aliphatic rings. The lowest BCUT2D eigenvalue weighted by molar-refractivity contribution is -0.133. The van der Waals surface area contributed by atoms with Gasteiger partial charge in [0.2, 0.25) is 0 Å². The Morgan fingerprint density at radius 2 is 1.92 bits per heavy atom. The monoisotopic (exact) mass is 182 g/mol. The minimum Gasteiger partial charge on any atom is -0.478 e. The Kier molecular flexibility index (Phi) is 3.23. The van der Waals surface area contributed by atoms with E-state index in [0.29, 0.717) is 18.4 Å². The minimum atomic E-state index is -0.851. The SMILES string of the molecule is CC(=O)CC1=C(C(=O)O)CCCC1. The number of Topliss-reactive ketones (excluding diaryl/α,β-unsaturated/α-hetero) is 1. The third-order valence-electron chi connectivity index (χ3n) is 2.30. The zero-order valence-electron chi connectivity index (χ0n) is 7.80. The molecular weight excluding hydrogens is 168 g/mol.